The molecule has 2 aromatic carbocycles. The standard InChI is InChI=1S/C31H35N5O4/c1-3-40-30(38)26-22-23(2)32-28-27(26)29(37)36(25-14-8-5-9-15-25)31(39)35(28)17-11-10-16-33-18-20-34(21-19-33)24-12-6-4-7-13-24/h4-9,12-15,22H,3,10-11,16-21H2,1-2H3. The van der Waals surface area contributed by atoms with Crippen LogP contribution in [0.15, 0.2) is 76.3 Å². The highest BCUT2D eigenvalue weighted by Crippen LogP contribution is 2.18. The molecule has 0 atom stereocenters. The van der Waals surface area contributed by atoms with Crippen LogP contribution in [0, 0.1) is 6.92 Å². The van der Waals surface area contributed by atoms with Gasteiger partial charge in [0.2, 0.25) is 0 Å². The maximum absolute atomic E-state index is 13.7. The number of aromatic nitrogens is 3. The zero-order valence-electron chi connectivity index (χ0n) is 23.1. The van der Waals surface area contributed by atoms with Crippen molar-refractivity contribution in [2.24, 2.45) is 0 Å². The van der Waals surface area contributed by atoms with Crippen molar-refractivity contribution in [3.8, 4) is 5.69 Å². The Labute approximate surface area is 233 Å². The molecule has 0 spiro atoms. The van der Waals surface area contributed by atoms with E-state index >= 15 is 0 Å². The lowest BCUT2D eigenvalue weighted by Gasteiger charge is -2.36. The molecule has 0 aliphatic carbocycles. The summed E-state index contributed by atoms with van der Waals surface area (Å²) in [6.45, 7) is 8.88. The minimum atomic E-state index is -0.602. The van der Waals surface area contributed by atoms with Gasteiger partial charge in [-0.15, -0.1) is 0 Å². The number of fused-ring (bicyclic) bond motifs is 1. The summed E-state index contributed by atoms with van der Waals surface area (Å²) in [6, 6.07) is 20.8. The fraction of sp³-hybridized carbons (Fsp3) is 0.355. The van der Waals surface area contributed by atoms with Crippen LogP contribution in [0.3, 0.4) is 0 Å². The molecule has 9 heteroatoms. The number of hydrogen-bond acceptors (Lipinski definition) is 7. The van der Waals surface area contributed by atoms with Crippen LogP contribution >= 0.6 is 0 Å². The second-order valence-electron chi connectivity index (χ2n) is 10.0. The van der Waals surface area contributed by atoms with Crippen molar-refractivity contribution in [3.05, 3.63) is 98.8 Å². The fourth-order valence-corrected chi connectivity index (χ4v) is 5.32. The van der Waals surface area contributed by atoms with E-state index in [1.807, 2.05) is 12.1 Å². The van der Waals surface area contributed by atoms with Crippen molar-refractivity contribution in [3.63, 3.8) is 0 Å². The Morgan fingerprint density at radius 1 is 0.875 bits per heavy atom. The first-order valence-corrected chi connectivity index (χ1v) is 13.9. The maximum atomic E-state index is 13.7. The zero-order chi connectivity index (χ0) is 28.1. The van der Waals surface area contributed by atoms with Gasteiger partial charge in [-0.25, -0.2) is 19.1 Å². The summed E-state index contributed by atoms with van der Waals surface area (Å²) in [7, 11) is 0. The predicted octanol–water partition coefficient (Wildman–Crippen LogP) is 3.63. The number of nitrogens with zero attached hydrogens (tertiary/aromatic N) is 5. The molecule has 1 aliphatic heterocycles. The molecule has 0 unspecified atom stereocenters. The van der Waals surface area contributed by atoms with E-state index in [2.05, 4.69) is 39.0 Å². The van der Waals surface area contributed by atoms with Gasteiger partial charge >= 0.3 is 11.7 Å². The number of rotatable bonds is 9. The average Bonchev–Trinajstić information content (AvgIpc) is 2.97. The molecule has 0 saturated carbocycles. The lowest BCUT2D eigenvalue weighted by molar-refractivity contribution is 0.0528. The molecular formula is C31H35N5O4. The van der Waals surface area contributed by atoms with Gasteiger partial charge in [0.15, 0.2) is 5.65 Å². The Hall–Kier alpha value is -4.24. The normalized spacial score (nSPS) is 14.0. The Morgan fingerprint density at radius 3 is 2.15 bits per heavy atom. The lowest BCUT2D eigenvalue weighted by atomic mass is 10.1. The summed E-state index contributed by atoms with van der Waals surface area (Å²) in [5, 5.41) is 0.101. The van der Waals surface area contributed by atoms with E-state index in [0.717, 1.165) is 50.1 Å². The number of unbranched alkanes of at least 4 members (excludes halogenated alkanes) is 1. The predicted molar refractivity (Wildman–Crippen MR) is 157 cm³/mol. The van der Waals surface area contributed by atoms with Gasteiger partial charge in [0.25, 0.3) is 5.56 Å². The molecule has 0 bridgehead atoms. The Kier molecular flexibility index (Phi) is 8.40. The largest absolute Gasteiger partial charge is 0.462 e. The Morgan fingerprint density at radius 2 is 1.50 bits per heavy atom. The topological polar surface area (TPSA) is 89.7 Å². The first kappa shape index (κ1) is 27.3. The molecule has 9 nitrogen and oxygen atoms in total. The van der Waals surface area contributed by atoms with Gasteiger partial charge < -0.3 is 9.64 Å². The number of anilines is 1. The minimum absolute atomic E-state index is 0.101. The van der Waals surface area contributed by atoms with Crippen LogP contribution in [-0.4, -0.2) is 64.3 Å². The van der Waals surface area contributed by atoms with E-state index in [1.165, 1.54) is 10.3 Å². The van der Waals surface area contributed by atoms with Crippen molar-refractivity contribution in [1.29, 1.82) is 0 Å². The number of carbonyl (C=O) groups is 1. The summed E-state index contributed by atoms with van der Waals surface area (Å²) in [5.74, 6) is -0.602. The number of aryl methyl sites for hydroxylation is 2. The molecule has 0 amide bonds. The minimum Gasteiger partial charge on any atom is -0.462 e. The smallest absolute Gasteiger partial charge is 0.339 e. The number of pyridine rings is 1. The van der Waals surface area contributed by atoms with Crippen molar-refractivity contribution in [2.75, 3.05) is 44.2 Å². The molecule has 0 N–H and O–H groups in total. The van der Waals surface area contributed by atoms with E-state index in [1.54, 1.807) is 44.2 Å². The third-order valence-corrected chi connectivity index (χ3v) is 7.33. The molecule has 2 aromatic heterocycles. The Bertz CT molecular complexity index is 1590. The average molecular weight is 542 g/mol. The second-order valence-corrected chi connectivity index (χ2v) is 10.0. The first-order chi connectivity index (χ1) is 19.5. The second kappa shape index (κ2) is 12.3. The summed E-state index contributed by atoms with van der Waals surface area (Å²) in [4.78, 5) is 49.7. The highest BCUT2D eigenvalue weighted by molar-refractivity contribution is 6.02. The molecule has 1 aliphatic rings. The fourth-order valence-electron chi connectivity index (χ4n) is 5.32. The third kappa shape index (κ3) is 5.70. The van der Waals surface area contributed by atoms with Gasteiger partial charge in [0.1, 0.15) is 0 Å². The van der Waals surface area contributed by atoms with Gasteiger partial charge in [0.05, 0.1) is 23.2 Å². The van der Waals surface area contributed by atoms with Gasteiger partial charge in [-0.3, -0.25) is 14.3 Å². The van der Waals surface area contributed by atoms with Gasteiger partial charge in [-0.1, -0.05) is 36.4 Å². The van der Waals surface area contributed by atoms with Gasteiger partial charge in [-0.2, -0.15) is 0 Å². The first-order valence-electron chi connectivity index (χ1n) is 13.9. The van der Waals surface area contributed by atoms with Crippen molar-refractivity contribution in [2.45, 2.75) is 33.2 Å². The van der Waals surface area contributed by atoms with Crippen LogP contribution in [0.5, 0.6) is 0 Å². The Balaban J connectivity index is 1.39. The van der Waals surface area contributed by atoms with E-state index in [-0.39, 0.29) is 23.2 Å². The monoisotopic (exact) mass is 541 g/mol. The van der Waals surface area contributed by atoms with E-state index in [4.69, 9.17) is 4.74 Å². The molecule has 4 aromatic rings. The lowest BCUT2D eigenvalue weighted by Crippen LogP contribution is -2.46. The van der Waals surface area contributed by atoms with Crippen LogP contribution in [0.1, 0.15) is 35.8 Å². The number of carbonyl (C=O) groups excluding carboxylic acids is 1. The summed E-state index contributed by atoms with van der Waals surface area (Å²) in [6.07, 6.45) is 1.62. The van der Waals surface area contributed by atoms with Gasteiger partial charge in [-0.05, 0) is 63.6 Å². The zero-order valence-corrected chi connectivity index (χ0v) is 23.1. The summed E-state index contributed by atoms with van der Waals surface area (Å²) in [5.41, 5.74) is 1.55. The number of benzene rings is 2. The van der Waals surface area contributed by atoms with Crippen LogP contribution in [0.2, 0.25) is 0 Å². The maximum Gasteiger partial charge on any atom is 0.339 e. The molecule has 1 saturated heterocycles. The highest BCUT2D eigenvalue weighted by Gasteiger charge is 2.23. The van der Waals surface area contributed by atoms with Crippen molar-refractivity contribution < 1.29 is 9.53 Å². The molecule has 208 valence electrons. The van der Waals surface area contributed by atoms with Crippen molar-refractivity contribution >= 4 is 22.7 Å². The number of esters is 1. The van der Waals surface area contributed by atoms with Crippen LogP contribution in [0.4, 0.5) is 5.69 Å². The molecule has 5 rings (SSSR count). The molecule has 3 heterocycles. The molecule has 1 fully saturated rings. The van der Waals surface area contributed by atoms with E-state index in [0.29, 0.717) is 17.9 Å². The highest BCUT2D eigenvalue weighted by atomic mass is 16.5. The number of ether oxygens (including phenoxy) is 1. The number of hydrogen-bond donors (Lipinski definition) is 0. The van der Waals surface area contributed by atoms with Crippen molar-refractivity contribution in [1.82, 2.24) is 19.0 Å². The molecule has 40 heavy (non-hydrogen) atoms. The van der Waals surface area contributed by atoms with Crippen LogP contribution in [-0.2, 0) is 11.3 Å². The quantitative estimate of drug-likeness (QED) is 0.236. The van der Waals surface area contributed by atoms with Crippen LogP contribution < -0.4 is 16.1 Å². The van der Waals surface area contributed by atoms with Gasteiger partial charge in [0, 0.05) is 44.1 Å². The summed E-state index contributed by atoms with van der Waals surface area (Å²) < 4.78 is 7.92. The third-order valence-electron chi connectivity index (χ3n) is 7.33. The number of piperazine rings is 1. The summed E-state index contributed by atoms with van der Waals surface area (Å²) >= 11 is 0. The number of para-hydroxylation sites is 2. The SMILES string of the molecule is CCOC(=O)c1cc(C)nc2c1c(=O)n(-c1ccccc1)c(=O)n2CCCCN1CCN(c2ccccc2)CC1. The van der Waals surface area contributed by atoms with E-state index < -0.39 is 17.2 Å². The van der Waals surface area contributed by atoms with Crippen LogP contribution in [0.25, 0.3) is 16.7 Å². The van der Waals surface area contributed by atoms with E-state index in [9.17, 15) is 14.4 Å². The molecule has 0 radical (unpaired) electrons. The molecular weight excluding hydrogens is 506 g/mol.